The summed E-state index contributed by atoms with van der Waals surface area (Å²) in [5.41, 5.74) is -0.306. The van der Waals surface area contributed by atoms with Crippen molar-refractivity contribution in [1.82, 2.24) is 15.0 Å². The number of ether oxygens (including phenoxy) is 2. The Morgan fingerprint density at radius 3 is 2.50 bits per heavy atom. The molecule has 0 atom stereocenters. The highest BCUT2D eigenvalue weighted by Gasteiger charge is 2.18. The second-order valence-electron chi connectivity index (χ2n) is 4.19. The maximum Gasteiger partial charge on any atom is 0.322 e. The van der Waals surface area contributed by atoms with Gasteiger partial charge in [0.05, 0.1) is 12.2 Å². The quantitative estimate of drug-likeness (QED) is 0.822. The van der Waals surface area contributed by atoms with E-state index in [2.05, 4.69) is 20.3 Å². The highest BCUT2D eigenvalue weighted by molar-refractivity contribution is 6.28. The zero-order valence-corrected chi connectivity index (χ0v) is 11.9. The molecular weight excluding hydrogens is 256 g/mol. The van der Waals surface area contributed by atoms with Crippen molar-refractivity contribution in [2.45, 2.75) is 33.3 Å². The van der Waals surface area contributed by atoms with E-state index >= 15 is 0 Å². The van der Waals surface area contributed by atoms with Crippen molar-refractivity contribution in [1.29, 1.82) is 0 Å². The van der Waals surface area contributed by atoms with E-state index in [1.54, 1.807) is 0 Å². The minimum atomic E-state index is -0.306. The Balaban J connectivity index is 2.66. The molecule has 0 unspecified atom stereocenters. The van der Waals surface area contributed by atoms with E-state index in [4.69, 9.17) is 21.1 Å². The van der Waals surface area contributed by atoms with Crippen molar-refractivity contribution in [3.8, 4) is 6.01 Å². The first-order chi connectivity index (χ1) is 8.46. The summed E-state index contributed by atoms with van der Waals surface area (Å²) in [5, 5.41) is 3.16. The fraction of sp³-hybridized carbons (Fsp3) is 0.727. The number of anilines is 1. The highest BCUT2D eigenvalue weighted by atomic mass is 35.5. The van der Waals surface area contributed by atoms with Crippen LogP contribution in [0.4, 0.5) is 5.95 Å². The van der Waals surface area contributed by atoms with Gasteiger partial charge in [-0.3, -0.25) is 0 Å². The fourth-order valence-corrected chi connectivity index (χ4v) is 1.49. The van der Waals surface area contributed by atoms with E-state index in [0.717, 1.165) is 0 Å². The summed E-state index contributed by atoms with van der Waals surface area (Å²) in [6.07, 6.45) is 0. The van der Waals surface area contributed by atoms with Crippen LogP contribution in [0, 0.1) is 0 Å². The summed E-state index contributed by atoms with van der Waals surface area (Å²) in [5.74, 6) is 0.381. The fourth-order valence-electron chi connectivity index (χ4n) is 1.34. The monoisotopic (exact) mass is 274 g/mol. The molecule has 0 radical (unpaired) electrons. The van der Waals surface area contributed by atoms with Crippen LogP contribution in [0.3, 0.4) is 0 Å². The Kier molecular flexibility index (Phi) is 5.55. The standard InChI is InChI=1S/C11H19ClN4O2/c1-5-17-10-15-8(12)14-9(16-10)13-7-11(3,4)18-6-2/h5-7H2,1-4H3,(H,13,14,15,16). The van der Waals surface area contributed by atoms with Crippen LogP contribution in [-0.2, 0) is 4.74 Å². The predicted octanol–water partition coefficient (Wildman–Crippen LogP) is 2.15. The van der Waals surface area contributed by atoms with Gasteiger partial charge in [-0.05, 0) is 39.3 Å². The van der Waals surface area contributed by atoms with E-state index in [9.17, 15) is 0 Å². The molecular formula is C11H19ClN4O2. The van der Waals surface area contributed by atoms with E-state index < -0.39 is 0 Å². The summed E-state index contributed by atoms with van der Waals surface area (Å²) < 4.78 is 10.7. The molecule has 7 heteroatoms. The first kappa shape index (κ1) is 14.9. The summed E-state index contributed by atoms with van der Waals surface area (Å²) >= 11 is 5.78. The summed E-state index contributed by atoms with van der Waals surface area (Å²) in [6.45, 7) is 9.46. The first-order valence-electron chi connectivity index (χ1n) is 5.89. The van der Waals surface area contributed by atoms with Gasteiger partial charge in [0.1, 0.15) is 0 Å². The second kappa shape index (κ2) is 6.70. The van der Waals surface area contributed by atoms with Crippen LogP contribution in [0.1, 0.15) is 27.7 Å². The van der Waals surface area contributed by atoms with Gasteiger partial charge < -0.3 is 14.8 Å². The molecule has 0 bridgehead atoms. The van der Waals surface area contributed by atoms with Crippen molar-refractivity contribution >= 4 is 17.5 Å². The van der Waals surface area contributed by atoms with Crippen LogP contribution < -0.4 is 10.1 Å². The van der Waals surface area contributed by atoms with E-state index in [1.807, 2.05) is 27.7 Å². The molecule has 0 saturated heterocycles. The van der Waals surface area contributed by atoms with Crippen LogP contribution in [0.15, 0.2) is 0 Å². The van der Waals surface area contributed by atoms with Gasteiger partial charge in [0.25, 0.3) is 0 Å². The molecule has 0 aromatic carbocycles. The number of rotatable bonds is 7. The zero-order chi connectivity index (χ0) is 13.6. The Bertz CT molecular complexity index is 387. The summed E-state index contributed by atoms with van der Waals surface area (Å²) in [6, 6.07) is 0.217. The van der Waals surface area contributed by atoms with Crippen molar-refractivity contribution in [3.63, 3.8) is 0 Å². The van der Waals surface area contributed by atoms with Crippen LogP contribution in [-0.4, -0.2) is 40.3 Å². The number of hydrogen-bond acceptors (Lipinski definition) is 6. The molecule has 0 fully saturated rings. The van der Waals surface area contributed by atoms with Gasteiger partial charge in [-0.25, -0.2) is 0 Å². The number of aromatic nitrogens is 3. The molecule has 1 rings (SSSR count). The van der Waals surface area contributed by atoms with E-state index in [1.165, 1.54) is 0 Å². The molecule has 6 nitrogen and oxygen atoms in total. The van der Waals surface area contributed by atoms with Gasteiger partial charge >= 0.3 is 6.01 Å². The molecule has 1 aromatic rings. The average Bonchev–Trinajstić information content (AvgIpc) is 2.26. The molecule has 102 valence electrons. The van der Waals surface area contributed by atoms with Gasteiger partial charge in [-0.1, -0.05) is 0 Å². The number of nitrogens with zero attached hydrogens (tertiary/aromatic N) is 3. The summed E-state index contributed by atoms with van der Waals surface area (Å²) in [7, 11) is 0. The van der Waals surface area contributed by atoms with Crippen molar-refractivity contribution < 1.29 is 9.47 Å². The smallest absolute Gasteiger partial charge is 0.322 e. The maximum absolute atomic E-state index is 5.78. The molecule has 1 N–H and O–H groups in total. The van der Waals surface area contributed by atoms with Gasteiger partial charge in [0, 0.05) is 13.2 Å². The van der Waals surface area contributed by atoms with Gasteiger partial charge in [0.2, 0.25) is 11.2 Å². The third kappa shape index (κ3) is 5.01. The second-order valence-corrected chi connectivity index (χ2v) is 4.53. The average molecular weight is 275 g/mol. The van der Waals surface area contributed by atoms with Crippen LogP contribution in [0.2, 0.25) is 5.28 Å². The van der Waals surface area contributed by atoms with Gasteiger partial charge in [-0.2, -0.15) is 15.0 Å². The lowest BCUT2D eigenvalue weighted by atomic mass is 10.1. The molecule has 0 amide bonds. The predicted molar refractivity (Wildman–Crippen MR) is 70.2 cm³/mol. The normalized spacial score (nSPS) is 11.4. The molecule has 0 spiro atoms. The lowest BCUT2D eigenvalue weighted by molar-refractivity contribution is 0.000565. The molecule has 0 aliphatic rings. The minimum Gasteiger partial charge on any atom is -0.464 e. The van der Waals surface area contributed by atoms with Gasteiger partial charge in [-0.15, -0.1) is 0 Å². The lowest BCUT2D eigenvalue weighted by Crippen LogP contribution is -2.33. The summed E-state index contributed by atoms with van der Waals surface area (Å²) in [4.78, 5) is 11.9. The highest BCUT2D eigenvalue weighted by Crippen LogP contribution is 2.14. The van der Waals surface area contributed by atoms with Crippen LogP contribution in [0.5, 0.6) is 6.01 Å². The molecule has 0 saturated carbocycles. The van der Waals surface area contributed by atoms with Crippen LogP contribution in [0.25, 0.3) is 0 Å². The third-order valence-corrected chi connectivity index (χ3v) is 2.24. The Morgan fingerprint density at radius 2 is 1.89 bits per heavy atom. The van der Waals surface area contributed by atoms with Crippen molar-refractivity contribution in [3.05, 3.63) is 5.28 Å². The molecule has 1 heterocycles. The Labute approximate surface area is 112 Å². The van der Waals surface area contributed by atoms with E-state index in [-0.39, 0.29) is 16.9 Å². The maximum atomic E-state index is 5.78. The minimum absolute atomic E-state index is 0.102. The van der Waals surface area contributed by atoms with Gasteiger partial charge in [0.15, 0.2) is 0 Å². The van der Waals surface area contributed by atoms with Crippen molar-refractivity contribution in [2.24, 2.45) is 0 Å². The molecule has 0 aliphatic carbocycles. The number of halogens is 1. The van der Waals surface area contributed by atoms with E-state index in [0.29, 0.717) is 25.7 Å². The third-order valence-electron chi connectivity index (χ3n) is 2.07. The largest absolute Gasteiger partial charge is 0.464 e. The zero-order valence-electron chi connectivity index (χ0n) is 11.2. The topological polar surface area (TPSA) is 69.2 Å². The van der Waals surface area contributed by atoms with Crippen LogP contribution >= 0.6 is 11.6 Å². The first-order valence-corrected chi connectivity index (χ1v) is 6.27. The lowest BCUT2D eigenvalue weighted by Gasteiger charge is -2.24. The molecule has 1 aromatic heterocycles. The Morgan fingerprint density at radius 1 is 1.17 bits per heavy atom. The number of nitrogens with one attached hydrogen (secondary N) is 1. The molecule has 18 heavy (non-hydrogen) atoms. The number of hydrogen-bond donors (Lipinski definition) is 1. The molecule has 0 aliphatic heterocycles. The Hall–Kier alpha value is -1.14. The SMILES string of the molecule is CCOc1nc(Cl)nc(NCC(C)(C)OCC)n1. The van der Waals surface area contributed by atoms with Crippen molar-refractivity contribution in [2.75, 3.05) is 25.1 Å².